The lowest BCUT2D eigenvalue weighted by Crippen LogP contribution is -1.99. The fourth-order valence-corrected chi connectivity index (χ4v) is 2.60. The van der Waals surface area contributed by atoms with E-state index in [1.54, 1.807) is 0 Å². The van der Waals surface area contributed by atoms with Crippen LogP contribution in [0.3, 0.4) is 0 Å². The molecule has 0 radical (unpaired) electrons. The third kappa shape index (κ3) is 3.50. The minimum atomic E-state index is 0.774. The van der Waals surface area contributed by atoms with Crippen LogP contribution in [-0.2, 0) is 6.54 Å². The van der Waals surface area contributed by atoms with E-state index in [1.165, 1.54) is 11.1 Å². The van der Waals surface area contributed by atoms with Gasteiger partial charge in [0.05, 0.1) is 0 Å². The summed E-state index contributed by atoms with van der Waals surface area (Å²) in [5, 5.41) is 4.22. The van der Waals surface area contributed by atoms with E-state index in [2.05, 4.69) is 52.4 Å². The van der Waals surface area contributed by atoms with Gasteiger partial charge >= 0.3 is 0 Å². The van der Waals surface area contributed by atoms with E-state index in [0.29, 0.717) is 0 Å². The Labute approximate surface area is 121 Å². The molecule has 0 unspecified atom stereocenters. The van der Waals surface area contributed by atoms with E-state index in [4.69, 9.17) is 11.6 Å². The quantitative estimate of drug-likeness (QED) is 0.804. The average Bonchev–Trinajstić information content (AvgIpc) is 2.29. The molecule has 0 atom stereocenters. The summed E-state index contributed by atoms with van der Waals surface area (Å²) in [5.74, 6) is 0. The second-order valence-corrected chi connectivity index (χ2v) is 5.78. The molecule has 0 fully saturated rings. The maximum absolute atomic E-state index is 6.11. The maximum atomic E-state index is 6.11. The molecule has 1 N–H and O–H groups in total. The lowest BCUT2D eigenvalue weighted by molar-refractivity contribution is 1.14. The van der Waals surface area contributed by atoms with Crippen LogP contribution in [0.25, 0.3) is 0 Å². The van der Waals surface area contributed by atoms with Crippen molar-refractivity contribution in [3.63, 3.8) is 0 Å². The Kier molecular flexibility index (Phi) is 4.31. The van der Waals surface area contributed by atoms with Crippen LogP contribution in [0.15, 0.2) is 40.9 Å². The Balaban J connectivity index is 2.08. The lowest BCUT2D eigenvalue weighted by Gasteiger charge is -2.09. The van der Waals surface area contributed by atoms with Crippen LogP contribution >= 0.6 is 27.5 Å². The number of rotatable bonds is 3. The molecule has 0 bridgehead atoms. The third-order valence-electron chi connectivity index (χ3n) is 2.78. The first kappa shape index (κ1) is 13.4. The van der Waals surface area contributed by atoms with Gasteiger partial charge in [-0.05, 0) is 54.8 Å². The first-order chi connectivity index (χ1) is 8.54. The Morgan fingerprint density at radius 3 is 2.56 bits per heavy atom. The molecule has 0 amide bonds. The van der Waals surface area contributed by atoms with E-state index in [9.17, 15) is 0 Å². The summed E-state index contributed by atoms with van der Waals surface area (Å²) in [7, 11) is 0. The monoisotopic (exact) mass is 323 g/mol. The fourth-order valence-electron chi connectivity index (χ4n) is 1.79. The smallest absolute Gasteiger partial charge is 0.0438 e. The molecule has 2 rings (SSSR count). The Bertz CT molecular complexity index is 546. The van der Waals surface area contributed by atoms with Gasteiger partial charge in [-0.25, -0.2) is 0 Å². The van der Waals surface area contributed by atoms with E-state index in [1.807, 2.05) is 19.1 Å². The van der Waals surface area contributed by atoms with Crippen LogP contribution in [-0.4, -0.2) is 0 Å². The molecule has 0 saturated heterocycles. The highest BCUT2D eigenvalue weighted by Crippen LogP contribution is 2.21. The van der Waals surface area contributed by atoms with Crippen molar-refractivity contribution in [2.75, 3.05) is 5.32 Å². The maximum Gasteiger partial charge on any atom is 0.0438 e. The Morgan fingerprint density at radius 2 is 1.89 bits per heavy atom. The van der Waals surface area contributed by atoms with Gasteiger partial charge in [-0.1, -0.05) is 39.7 Å². The van der Waals surface area contributed by atoms with Crippen LogP contribution in [0.5, 0.6) is 0 Å². The standard InChI is InChI=1S/C15H15BrClN/c1-10-5-13(16)8-14(6-10)18-9-12-4-3-11(2)15(17)7-12/h3-8,18H,9H2,1-2H3. The SMILES string of the molecule is Cc1cc(Br)cc(NCc2ccc(C)c(Cl)c2)c1. The third-order valence-corrected chi connectivity index (χ3v) is 3.64. The van der Waals surface area contributed by atoms with Gasteiger partial charge in [-0.2, -0.15) is 0 Å². The zero-order valence-electron chi connectivity index (χ0n) is 10.4. The number of halogens is 2. The van der Waals surface area contributed by atoms with Crippen molar-refractivity contribution in [1.82, 2.24) is 0 Å². The summed E-state index contributed by atoms with van der Waals surface area (Å²) >= 11 is 9.61. The minimum Gasteiger partial charge on any atom is -0.381 e. The van der Waals surface area contributed by atoms with Gasteiger partial charge in [0.25, 0.3) is 0 Å². The largest absolute Gasteiger partial charge is 0.381 e. The summed E-state index contributed by atoms with van der Waals surface area (Å²) in [6.07, 6.45) is 0. The topological polar surface area (TPSA) is 12.0 Å². The first-order valence-electron chi connectivity index (χ1n) is 5.81. The van der Waals surface area contributed by atoms with Gasteiger partial charge in [0, 0.05) is 21.7 Å². The summed E-state index contributed by atoms with van der Waals surface area (Å²) in [5.41, 5.74) is 4.63. The molecule has 2 aromatic carbocycles. The number of anilines is 1. The molecule has 0 spiro atoms. The molecule has 2 aromatic rings. The van der Waals surface area contributed by atoms with Crippen LogP contribution < -0.4 is 5.32 Å². The zero-order valence-corrected chi connectivity index (χ0v) is 12.8. The van der Waals surface area contributed by atoms with Crippen molar-refractivity contribution in [2.45, 2.75) is 20.4 Å². The van der Waals surface area contributed by atoms with Crippen molar-refractivity contribution >= 4 is 33.2 Å². The highest BCUT2D eigenvalue weighted by atomic mass is 79.9. The first-order valence-corrected chi connectivity index (χ1v) is 6.98. The van der Waals surface area contributed by atoms with Crippen molar-refractivity contribution in [3.05, 3.63) is 62.6 Å². The van der Waals surface area contributed by atoms with E-state index < -0.39 is 0 Å². The molecule has 0 heterocycles. The van der Waals surface area contributed by atoms with Crippen molar-refractivity contribution in [2.24, 2.45) is 0 Å². The molecule has 0 saturated carbocycles. The summed E-state index contributed by atoms with van der Waals surface area (Å²) in [4.78, 5) is 0. The van der Waals surface area contributed by atoms with Crippen molar-refractivity contribution in [3.8, 4) is 0 Å². The minimum absolute atomic E-state index is 0.774. The zero-order chi connectivity index (χ0) is 13.1. The number of hydrogen-bond donors (Lipinski definition) is 1. The van der Waals surface area contributed by atoms with Crippen LogP contribution in [0.2, 0.25) is 5.02 Å². The molecule has 1 nitrogen and oxygen atoms in total. The Hall–Kier alpha value is -0.990. The lowest BCUT2D eigenvalue weighted by atomic mass is 10.1. The van der Waals surface area contributed by atoms with E-state index in [0.717, 1.165) is 27.3 Å². The van der Waals surface area contributed by atoms with E-state index in [-0.39, 0.29) is 0 Å². The summed E-state index contributed by atoms with van der Waals surface area (Å²) in [6.45, 7) is 4.87. The van der Waals surface area contributed by atoms with Crippen molar-refractivity contribution in [1.29, 1.82) is 0 Å². The molecule has 0 aliphatic heterocycles. The number of nitrogens with one attached hydrogen (secondary N) is 1. The molecular formula is C15H15BrClN. The van der Waals surface area contributed by atoms with Gasteiger partial charge in [0.15, 0.2) is 0 Å². The highest BCUT2D eigenvalue weighted by molar-refractivity contribution is 9.10. The molecule has 0 aliphatic carbocycles. The number of benzene rings is 2. The highest BCUT2D eigenvalue weighted by Gasteiger charge is 2.00. The second-order valence-electron chi connectivity index (χ2n) is 4.45. The average molecular weight is 325 g/mol. The van der Waals surface area contributed by atoms with Gasteiger partial charge in [0.1, 0.15) is 0 Å². The van der Waals surface area contributed by atoms with Gasteiger partial charge in [-0.15, -0.1) is 0 Å². The number of aryl methyl sites for hydroxylation is 2. The van der Waals surface area contributed by atoms with Gasteiger partial charge in [0.2, 0.25) is 0 Å². The van der Waals surface area contributed by atoms with Gasteiger partial charge < -0.3 is 5.32 Å². The van der Waals surface area contributed by atoms with E-state index >= 15 is 0 Å². The summed E-state index contributed by atoms with van der Waals surface area (Å²) in [6, 6.07) is 12.4. The Morgan fingerprint density at radius 1 is 1.11 bits per heavy atom. The van der Waals surface area contributed by atoms with Crippen molar-refractivity contribution < 1.29 is 0 Å². The van der Waals surface area contributed by atoms with Crippen LogP contribution in [0.1, 0.15) is 16.7 Å². The second kappa shape index (κ2) is 5.77. The predicted molar refractivity (Wildman–Crippen MR) is 82.4 cm³/mol. The molecular weight excluding hydrogens is 310 g/mol. The molecule has 94 valence electrons. The van der Waals surface area contributed by atoms with Crippen LogP contribution in [0.4, 0.5) is 5.69 Å². The molecule has 18 heavy (non-hydrogen) atoms. The molecule has 3 heteroatoms. The molecule has 0 aromatic heterocycles. The van der Waals surface area contributed by atoms with Gasteiger partial charge in [-0.3, -0.25) is 0 Å². The molecule has 0 aliphatic rings. The fraction of sp³-hybridized carbons (Fsp3) is 0.200. The normalized spacial score (nSPS) is 10.4. The van der Waals surface area contributed by atoms with Crippen LogP contribution in [0, 0.1) is 13.8 Å². The number of hydrogen-bond acceptors (Lipinski definition) is 1. The summed E-state index contributed by atoms with van der Waals surface area (Å²) < 4.78 is 1.09. The predicted octanol–water partition coefficient (Wildman–Crippen LogP) is 5.33.